The minimum atomic E-state index is 0.425. The topological polar surface area (TPSA) is 69.6 Å². The lowest BCUT2D eigenvalue weighted by Gasteiger charge is -2.32. The van der Waals surface area contributed by atoms with Gasteiger partial charge in [-0.3, -0.25) is 9.58 Å². The molecule has 144 valence electrons. The first-order valence-electron chi connectivity index (χ1n) is 9.73. The Balaban J connectivity index is 1.45. The number of aryl methyl sites for hydroxylation is 2. The number of likely N-dealkylation sites (tertiary alicyclic amines) is 1. The second kappa shape index (κ2) is 7.64. The van der Waals surface area contributed by atoms with Crippen molar-refractivity contribution in [1.82, 2.24) is 39.0 Å². The van der Waals surface area contributed by atoms with Crippen LogP contribution in [0, 0.1) is 6.92 Å². The van der Waals surface area contributed by atoms with Crippen molar-refractivity contribution in [2.45, 2.75) is 52.2 Å². The molecular formula is C19H28N8. The molecule has 0 aliphatic carbocycles. The van der Waals surface area contributed by atoms with Gasteiger partial charge in [0.15, 0.2) is 5.82 Å². The molecule has 1 aliphatic heterocycles. The second-order valence-electron chi connectivity index (χ2n) is 7.44. The lowest BCUT2D eigenvalue weighted by Crippen LogP contribution is -2.35. The zero-order valence-electron chi connectivity index (χ0n) is 16.4. The molecule has 8 heteroatoms. The van der Waals surface area contributed by atoms with Gasteiger partial charge >= 0.3 is 0 Å². The summed E-state index contributed by atoms with van der Waals surface area (Å²) in [5.41, 5.74) is 2.47. The van der Waals surface area contributed by atoms with Crippen molar-refractivity contribution >= 4 is 0 Å². The van der Waals surface area contributed by atoms with E-state index in [1.807, 2.05) is 21.8 Å². The number of hydrogen-bond donors (Lipinski definition) is 0. The molecule has 0 amide bonds. The van der Waals surface area contributed by atoms with Crippen molar-refractivity contribution in [3.63, 3.8) is 0 Å². The van der Waals surface area contributed by atoms with Crippen LogP contribution in [0.1, 0.15) is 48.6 Å². The number of aromatic nitrogens is 7. The summed E-state index contributed by atoms with van der Waals surface area (Å²) >= 11 is 0. The lowest BCUT2D eigenvalue weighted by molar-refractivity contribution is 0.194. The molecule has 0 spiro atoms. The summed E-state index contributed by atoms with van der Waals surface area (Å²) in [7, 11) is 2.08. The molecule has 0 N–H and O–H groups in total. The van der Waals surface area contributed by atoms with Gasteiger partial charge in [-0.15, -0.1) is 10.2 Å². The first kappa shape index (κ1) is 17.9. The smallest absolute Gasteiger partial charge is 0.152 e. The summed E-state index contributed by atoms with van der Waals surface area (Å²) in [6, 6.07) is 0. The standard InChI is InChI=1S/C19H28N8/c1-4-27-12-17(15(2)23-27)11-25-8-5-6-16(10-25)19-22-21-18(24(19)3)13-26-9-7-20-14-26/h7,9,12,14,16H,4-6,8,10-11,13H2,1-3H3/t16-/m0/s1. The van der Waals surface area contributed by atoms with Crippen LogP contribution >= 0.6 is 0 Å². The van der Waals surface area contributed by atoms with Crippen molar-refractivity contribution in [3.05, 3.63) is 47.8 Å². The molecule has 4 rings (SSSR count). The van der Waals surface area contributed by atoms with Gasteiger partial charge in [-0.1, -0.05) is 0 Å². The van der Waals surface area contributed by atoms with Crippen LogP contribution in [0.2, 0.25) is 0 Å². The van der Waals surface area contributed by atoms with Crippen LogP contribution in [0.15, 0.2) is 24.9 Å². The molecule has 8 nitrogen and oxygen atoms in total. The van der Waals surface area contributed by atoms with E-state index in [-0.39, 0.29) is 0 Å². The Bertz CT molecular complexity index is 876. The third-order valence-corrected chi connectivity index (χ3v) is 5.52. The molecular weight excluding hydrogens is 340 g/mol. The van der Waals surface area contributed by atoms with E-state index < -0.39 is 0 Å². The highest BCUT2D eigenvalue weighted by Gasteiger charge is 2.26. The van der Waals surface area contributed by atoms with Gasteiger partial charge in [0.25, 0.3) is 0 Å². The minimum absolute atomic E-state index is 0.425. The largest absolute Gasteiger partial charge is 0.330 e. The Kier molecular flexibility index (Phi) is 5.07. The molecule has 0 bridgehead atoms. The molecule has 27 heavy (non-hydrogen) atoms. The predicted octanol–water partition coefficient (Wildman–Crippen LogP) is 1.96. The SMILES string of the molecule is CCn1cc(CN2CCC[C@H](c3nnc(Cn4ccnc4)n3C)C2)c(C)n1. The molecule has 4 heterocycles. The van der Waals surface area contributed by atoms with Crippen LogP contribution < -0.4 is 0 Å². The minimum Gasteiger partial charge on any atom is -0.330 e. The quantitative estimate of drug-likeness (QED) is 0.665. The van der Waals surface area contributed by atoms with Crippen LogP contribution in [0.5, 0.6) is 0 Å². The van der Waals surface area contributed by atoms with E-state index in [1.54, 1.807) is 6.20 Å². The maximum atomic E-state index is 4.58. The molecule has 0 aromatic carbocycles. The summed E-state index contributed by atoms with van der Waals surface area (Å²) in [5.74, 6) is 2.49. The van der Waals surface area contributed by atoms with E-state index in [2.05, 4.69) is 56.8 Å². The molecule has 1 aliphatic rings. The van der Waals surface area contributed by atoms with Gasteiger partial charge < -0.3 is 9.13 Å². The Labute approximate surface area is 159 Å². The zero-order chi connectivity index (χ0) is 18.8. The van der Waals surface area contributed by atoms with E-state index in [4.69, 9.17) is 0 Å². The molecule has 3 aromatic heterocycles. The van der Waals surface area contributed by atoms with Gasteiger partial charge in [0.2, 0.25) is 0 Å². The first-order valence-corrected chi connectivity index (χ1v) is 9.73. The molecule has 0 radical (unpaired) electrons. The number of piperidine rings is 1. The van der Waals surface area contributed by atoms with E-state index in [9.17, 15) is 0 Å². The number of nitrogens with zero attached hydrogens (tertiary/aromatic N) is 8. The van der Waals surface area contributed by atoms with Crippen LogP contribution in [-0.2, 0) is 26.7 Å². The molecule has 1 saturated heterocycles. The predicted molar refractivity (Wildman–Crippen MR) is 102 cm³/mol. The van der Waals surface area contributed by atoms with Crippen LogP contribution in [0.3, 0.4) is 0 Å². The first-order chi connectivity index (χ1) is 13.1. The average Bonchev–Trinajstić information content (AvgIpc) is 3.39. The van der Waals surface area contributed by atoms with Gasteiger partial charge in [-0.05, 0) is 33.2 Å². The van der Waals surface area contributed by atoms with Gasteiger partial charge in [0, 0.05) is 56.8 Å². The van der Waals surface area contributed by atoms with E-state index in [0.29, 0.717) is 12.5 Å². The van der Waals surface area contributed by atoms with E-state index in [1.165, 1.54) is 18.4 Å². The summed E-state index contributed by atoms with van der Waals surface area (Å²) in [4.78, 5) is 6.63. The van der Waals surface area contributed by atoms with Gasteiger partial charge in [0.1, 0.15) is 5.82 Å². The molecule has 0 unspecified atom stereocenters. The maximum Gasteiger partial charge on any atom is 0.152 e. The summed E-state index contributed by atoms with van der Waals surface area (Å²) in [5, 5.41) is 13.5. The van der Waals surface area contributed by atoms with Crippen LogP contribution in [0.4, 0.5) is 0 Å². The highest BCUT2D eigenvalue weighted by atomic mass is 15.3. The third-order valence-electron chi connectivity index (χ3n) is 5.52. The van der Waals surface area contributed by atoms with Crippen LogP contribution in [0.25, 0.3) is 0 Å². The molecule has 1 atom stereocenters. The fraction of sp³-hybridized carbons (Fsp3) is 0.579. The monoisotopic (exact) mass is 368 g/mol. The summed E-state index contributed by atoms with van der Waals surface area (Å²) in [6.07, 6.45) is 10.1. The Morgan fingerprint density at radius 1 is 1.22 bits per heavy atom. The van der Waals surface area contributed by atoms with Gasteiger partial charge in [-0.2, -0.15) is 5.10 Å². The average molecular weight is 368 g/mol. The highest BCUT2D eigenvalue weighted by Crippen LogP contribution is 2.27. The Morgan fingerprint density at radius 3 is 2.85 bits per heavy atom. The van der Waals surface area contributed by atoms with Crippen molar-refractivity contribution in [1.29, 1.82) is 0 Å². The fourth-order valence-electron chi connectivity index (χ4n) is 3.94. The number of rotatable bonds is 6. The lowest BCUT2D eigenvalue weighted by atomic mass is 9.96. The van der Waals surface area contributed by atoms with E-state index in [0.717, 1.165) is 43.5 Å². The number of imidazole rings is 1. The van der Waals surface area contributed by atoms with Gasteiger partial charge in [0.05, 0.1) is 18.6 Å². The van der Waals surface area contributed by atoms with Crippen molar-refractivity contribution in [3.8, 4) is 0 Å². The number of hydrogen-bond acceptors (Lipinski definition) is 5. The molecule has 0 saturated carbocycles. The third kappa shape index (κ3) is 3.80. The van der Waals surface area contributed by atoms with Crippen LogP contribution in [-0.4, -0.2) is 52.1 Å². The Morgan fingerprint density at radius 2 is 2.11 bits per heavy atom. The van der Waals surface area contributed by atoms with Crippen molar-refractivity contribution < 1.29 is 0 Å². The van der Waals surface area contributed by atoms with Gasteiger partial charge in [-0.25, -0.2) is 4.98 Å². The summed E-state index contributed by atoms with van der Waals surface area (Å²) in [6.45, 7) is 8.97. The highest BCUT2D eigenvalue weighted by molar-refractivity contribution is 5.16. The maximum absolute atomic E-state index is 4.58. The van der Waals surface area contributed by atoms with E-state index >= 15 is 0 Å². The van der Waals surface area contributed by atoms with Crippen molar-refractivity contribution in [2.24, 2.45) is 7.05 Å². The second-order valence-corrected chi connectivity index (χ2v) is 7.44. The fourth-order valence-corrected chi connectivity index (χ4v) is 3.94. The molecule has 1 fully saturated rings. The Hall–Kier alpha value is -2.48. The van der Waals surface area contributed by atoms with Crippen molar-refractivity contribution in [2.75, 3.05) is 13.1 Å². The molecule has 3 aromatic rings. The normalized spacial score (nSPS) is 18.3. The zero-order valence-corrected chi connectivity index (χ0v) is 16.4. The summed E-state index contributed by atoms with van der Waals surface area (Å²) < 4.78 is 6.21.